The van der Waals surface area contributed by atoms with Gasteiger partial charge in [-0.25, -0.2) is 8.42 Å². The lowest BCUT2D eigenvalue weighted by molar-refractivity contribution is 0.247. The molecule has 3 rings (SSSR count). The lowest BCUT2D eigenvalue weighted by Gasteiger charge is -2.34. The molecule has 0 spiro atoms. The van der Waals surface area contributed by atoms with E-state index >= 15 is 0 Å². The molecule has 0 amide bonds. The Bertz CT molecular complexity index is 624. The number of rotatable bonds is 2. The van der Waals surface area contributed by atoms with Crippen molar-refractivity contribution >= 4 is 45.6 Å². The fourth-order valence-corrected chi connectivity index (χ4v) is 4.92. The van der Waals surface area contributed by atoms with Gasteiger partial charge in [0.05, 0.1) is 14.9 Å². The number of hydrogen-bond acceptors (Lipinski definition) is 3. The largest absolute Gasteiger partial charge is 0.314 e. The lowest BCUT2D eigenvalue weighted by atomic mass is 9.95. The van der Waals surface area contributed by atoms with Crippen molar-refractivity contribution in [3.63, 3.8) is 0 Å². The molecule has 2 aliphatic rings. The smallest absolute Gasteiger partial charge is 0.243 e. The Balaban J connectivity index is 0.00000161. The van der Waals surface area contributed by atoms with E-state index in [1.54, 1.807) is 4.31 Å². The molecule has 2 atom stereocenters. The van der Waals surface area contributed by atoms with Crippen molar-refractivity contribution in [1.29, 1.82) is 0 Å². The SMILES string of the molecule is Cl.O=S(=O)(c1ccc(Cl)c(Cl)c1)N1CCC2NCCC2C1. The van der Waals surface area contributed by atoms with Crippen LogP contribution in [0.25, 0.3) is 0 Å². The van der Waals surface area contributed by atoms with Gasteiger partial charge in [0.25, 0.3) is 0 Å². The highest BCUT2D eigenvalue weighted by Crippen LogP contribution is 2.31. The normalized spacial score (nSPS) is 26.2. The van der Waals surface area contributed by atoms with Crippen LogP contribution in [-0.4, -0.2) is 38.4 Å². The molecule has 0 radical (unpaired) electrons. The monoisotopic (exact) mass is 370 g/mol. The van der Waals surface area contributed by atoms with Gasteiger partial charge in [0.2, 0.25) is 10.0 Å². The third kappa shape index (κ3) is 3.33. The minimum Gasteiger partial charge on any atom is -0.314 e. The van der Waals surface area contributed by atoms with Crippen LogP contribution in [0.3, 0.4) is 0 Å². The highest BCUT2D eigenvalue weighted by molar-refractivity contribution is 7.89. The third-order valence-corrected chi connectivity index (χ3v) is 6.75. The van der Waals surface area contributed by atoms with Crippen molar-refractivity contribution in [1.82, 2.24) is 9.62 Å². The van der Waals surface area contributed by atoms with E-state index in [4.69, 9.17) is 23.2 Å². The quantitative estimate of drug-likeness (QED) is 0.869. The molecule has 2 aliphatic heterocycles. The van der Waals surface area contributed by atoms with Crippen LogP contribution in [0, 0.1) is 5.92 Å². The Labute approximate surface area is 141 Å². The maximum Gasteiger partial charge on any atom is 0.243 e. The van der Waals surface area contributed by atoms with E-state index in [-0.39, 0.29) is 22.3 Å². The molecular formula is C13H17Cl3N2O2S. The van der Waals surface area contributed by atoms with Crippen molar-refractivity contribution in [3.05, 3.63) is 28.2 Å². The van der Waals surface area contributed by atoms with E-state index < -0.39 is 10.0 Å². The van der Waals surface area contributed by atoms with Gasteiger partial charge in [0, 0.05) is 19.1 Å². The number of nitrogens with one attached hydrogen (secondary N) is 1. The summed E-state index contributed by atoms with van der Waals surface area (Å²) in [6.07, 6.45) is 1.91. The second-order valence-electron chi connectivity index (χ2n) is 5.34. The highest BCUT2D eigenvalue weighted by Gasteiger charge is 2.37. The minimum atomic E-state index is -3.48. The number of fused-ring (bicyclic) bond motifs is 1. The first kappa shape index (κ1) is 17.3. The standard InChI is InChI=1S/C13H16Cl2N2O2S.ClH/c14-11-2-1-10(7-12(11)15)20(18,19)17-6-4-13-9(8-17)3-5-16-13;/h1-2,7,9,13,16H,3-6,8H2;1H. The van der Waals surface area contributed by atoms with Crippen molar-refractivity contribution in [3.8, 4) is 0 Å². The van der Waals surface area contributed by atoms with Crippen LogP contribution in [0.2, 0.25) is 10.0 Å². The summed E-state index contributed by atoms with van der Waals surface area (Å²) in [7, 11) is -3.48. The molecule has 2 fully saturated rings. The second-order valence-corrected chi connectivity index (χ2v) is 8.09. The summed E-state index contributed by atoms with van der Waals surface area (Å²) in [5.74, 6) is 0.418. The Hall–Kier alpha value is -0.0400. The average molecular weight is 372 g/mol. The Morgan fingerprint density at radius 2 is 1.95 bits per heavy atom. The van der Waals surface area contributed by atoms with Crippen LogP contribution in [0.4, 0.5) is 0 Å². The van der Waals surface area contributed by atoms with Crippen LogP contribution in [0.1, 0.15) is 12.8 Å². The van der Waals surface area contributed by atoms with Gasteiger partial charge >= 0.3 is 0 Å². The first-order chi connectivity index (χ1) is 9.48. The van der Waals surface area contributed by atoms with E-state index in [0.717, 1.165) is 19.4 Å². The van der Waals surface area contributed by atoms with E-state index in [2.05, 4.69) is 5.32 Å². The van der Waals surface area contributed by atoms with E-state index in [0.29, 0.717) is 30.1 Å². The van der Waals surface area contributed by atoms with Gasteiger partial charge in [0.1, 0.15) is 0 Å². The van der Waals surface area contributed by atoms with Gasteiger partial charge < -0.3 is 5.32 Å². The van der Waals surface area contributed by atoms with Crippen molar-refractivity contribution < 1.29 is 8.42 Å². The maximum atomic E-state index is 12.6. The summed E-state index contributed by atoms with van der Waals surface area (Å²) < 4.78 is 26.9. The number of halogens is 3. The Morgan fingerprint density at radius 1 is 1.19 bits per heavy atom. The van der Waals surface area contributed by atoms with Crippen LogP contribution in [-0.2, 0) is 10.0 Å². The Kier molecular flexibility index (Phi) is 5.45. The molecule has 4 nitrogen and oxygen atoms in total. The Morgan fingerprint density at radius 3 is 2.67 bits per heavy atom. The molecular weight excluding hydrogens is 355 g/mol. The first-order valence-electron chi connectivity index (χ1n) is 6.67. The van der Waals surface area contributed by atoms with Crippen LogP contribution < -0.4 is 5.32 Å². The second kappa shape index (κ2) is 6.60. The van der Waals surface area contributed by atoms with Crippen molar-refractivity contribution in [2.24, 2.45) is 5.92 Å². The van der Waals surface area contributed by atoms with Crippen LogP contribution >= 0.6 is 35.6 Å². The predicted octanol–water partition coefficient (Wildman–Crippen LogP) is 2.79. The van der Waals surface area contributed by atoms with Crippen LogP contribution in [0.5, 0.6) is 0 Å². The number of piperidine rings is 1. The first-order valence-corrected chi connectivity index (χ1v) is 8.86. The number of hydrogen-bond donors (Lipinski definition) is 1. The van der Waals surface area contributed by atoms with E-state index in [1.807, 2.05) is 0 Å². The highest BCUT2D eigenvalue weighted by atomic mass is 35.5. The predicted molar refractivity (Wildman–Crippen MR) is 87.0 cm³/mol. The molecule has 0 bridgehead atoms. The summed E-state index contributed by atoms with van der Waals surface area (Å²) >= 11 is 11.8. The fraction of sp³-hybridized carbons (Fsp3) is 0.538. The van der Waals surface area contributed by atoms with Crippen molar-refractivity contribution in [2.45, 2.75) is 23.8 Å². The molecule has 0 aromatic heterocycles. The van der Waals surface area contributed by atoms with Gasteiger partial charge in [-0.3, -0.25) is 0 Å². The van der Waals surface area contributed by atoms with Gasteiger partial charge in [-0.1, -0.05) is 23.2 Å². The number of sulfonamides is 1. The molecule has 1 aromatic carbocycles. The van der Waals surface area contributed by atoms with Gasteiger partial charge in [0.15, 0.2) is 0 Å². The lowest BCUT2D eigenvalue weighted by Crippen LogP contribution is -2.46. The zero-order valence-corrected chi connectivity index (χ0v) is 14.4. The zero-order chi connectivity index (χ0) is 14.3. The number of benzene rings is 1. The van der Waals surface area contributed by atoms with E-state index in [9.17, 15) is 8.42 Å². The molecule has 21 heavy (non-hydrogen) atoms. The summed E-state index contributed by atoms with van der Waals surface area (Å²) in [6, 6.07) is 4.94. The maximum absolute atomic E-state index is 12.6. The number of nitrogens with zero attached hydrogens (tertiary/aromatic N) is 1. The van der Waals surface area contributed by atoms with Gasteiger partial charge in [-0.15, -0.1) is 12.4 Å². The van der Waals surface area contributed by atoms with E-state index in [1.165, 1.54) is 18.2 Å². The summed E-state index contributed by atoms with van der Waals surface area (Å²) in [6.45, 7) is 2.12. The summed E-state index contributed by atoms with van der Waals surface area (Å²) in [5.41, 5.74) is 0. The van der Waals surface area contributed by atoms with Crippen molar-refractivity contribution in [2.75, 3.05) is 19.6 Å². The summed E-state index contributed by atoms with van der Waals surface area (Å²) in [5, 5.41) is 4.06. The van der Waals surface area contributed by atoms with Gasteiger partial charge in [-0.2, -0.15) is 4.31 Å². The molecule has 118 valence electrons. The third-order valence-electron chi connectivity index (χ3n) is 4.15. The molecule has 1 aromatic rings. The molecule has 0 saturated carbocycles. The molecule has 2 saturated heterocycles. The van der Waals surface area contributed by atoms with Crippen LogP contribution in [0.15, 0.2) is 23.1 Å². The summed E-state index contributed by atoms with van der Waals surface area (Å²) in [4.78, 5) is 0.219. The molecule has 0 aliphatic carbocycles. The molecule has 2 heterocycles. The molecule has 1 N–H and O–H groups in total. The molecule has 2 unspecified atom stereocenters. The van der Waals surface area contributed by atoms with Gasteiger partial charge in [-0.05, 0) is 43.5 Å². The zero-order valence-electron chi connectivity index (χ0n) is 11.3. The molecule has 8 heteroatoms. The minimum absolute atomic E-state index is 0. The topological polar surface area (TPSA) is 49.4 Å². The fourth-order valence-electron chi connectivity index (χ4n) is 3.02. The average Bonchev–Trinajstić information content (AvgIpc) is 2.89.